The van der Waals surface area contributed by atoms with Crippen LogP contribution in [-0.2, 0) is 9.84 Å². The zero-order chi connectivity index (χ0) is 15.7. The van der Waals surface area contributed by atoms with E-state index < -0.39 is 20.2 Å². The summed E-state index contributed by atoms with van der Waals surface area (Å²) in [6, 6.07) is 5.04. The van der Waals surface area contributed by atoms with Gasteiger partial charge in [0.25, 0.3) is 9.84 Å². The van der Waals surface area contributed by atoms with E-state index in [1.54, 1.807) is 0 Å². The quantitative estimate of drug-likeness (QED) is 0.847. The van der Waals surface area contributed by atoms with Gasteiger partial charge in [-0.2, -0.15) is 13.2 Å². The van der Waals surface area contributed by atoms with Crippen LogP contribution < -0.4 is 5.32 Å². The molecule has 0 spiro atoms. The maximum absolute atomic E-state index is 12.7. The van der Waals surface area contributed by atoms with Crippen molar-refractivity contribution < 1.29 is 21.6 Å². The van der Waals surface area contributed by atoms with Gasteiger partial charge >= 0.3 is 5.51 Å². The number of benzene rings is 1. The zero-order valence-corrected chi connectivity index (χ0v) is 12.6. The highest BCUT2D eigenvalue weighted by Crippen LogP contribution is 2.35. The lowest BCUT2D eigenvalue weighted by Gasteiger charge is -2.18. The fraction of sp³-hybridized carbons (Fsp3) is 0.538. The Morgan fingerprint density at radius 2 is 1.90 bits per heavy atom. The summed E-state index contributed by atoms with van der Waals surface area (Å²) >= 11 is 6.11. The van der Waals surface area contributed by atoms with Crippen LogP contribution in [0.3, 0.4) is 0 Å². The smallest absolute Gasteiger partial charge is 0.384 e. The van der Waals surface area contributed by atoms with Gasteiger partial charge in [-0.3, -0.25) is 0 Å². The molecule has 0 amide bonds. The monoisotopic (exact) mass is 341 g/mol. The van der Waals surface area contributed by atoms with Crippen molar-refractivity contribution in [3.05, 3.63) is 24.3 Å². The van der Waals surface area contributed by atoms with Crippen LogP contribution >= 0.6 is 11.6 Å². The van der Waals surface area contributed by atoms with Crippen molar-refractivity contribution in [2.75, 3.05) is 11.9 Å². The first-order valence-electron chi connectivity index (χ1n) is 6.52. The highest BCUT2D eigenvalue weighted by atomic mass is 35.5. The van der Waals surface area contributed by atoms with Crippen LogP contribution in [0.1, 0.15) is 19.3 Å². The van der Waals surface area contributed by atoms with Gasteiger partial charge in [0.15, 0.2) is 0 Å². The van der Waals surface area contributed by atoms with Crippen molar-refractivity contribution in [1.29, 1.82) is 0 Å². The second-order valence-electron chi connectivity index (χ2n) is 5.03. The van der Waals surface area contributed by atoms with Gasteiger partial charge in [-0.15, -0.1) is 11.6 Å². The maximum Gasteiger partial charge on any atom is 0.501 e. The summed E-state index contributed by atoms with van der Waals surface area (Å²) in [6.45, 7) is 0.360. The van der Waals surface area contributed by atoms with Crippen LogP contribution in [0.15, 0.2) is 29.2 Å². The predicted molar refractivity (Wildman–Crippen MR) is 75.2 cm³/mol. The van der Waals surface area contributed by atoms with Gasteiger partial charge in [0.1, 0.15) is 0 Å². The van der Waals surface area contributed by atoms with Crippen LogP contribution in [0.2, 0.25) is 0 Å². The number of nitrogens with one attached hydrogen (secondary N) is 1. The average molecular weight is 342 g/mol. The van der Waals surface area contributed by atoms with E-state index in [1.165, 1.54) is 18.2 Å². The normalized spacial score (nSPS) is 23.2. The second kappa shape index (κ2) is 6.04. The SMILES string of the molecule is O=S(=O)(c1ccccc1NCC1CCCC1Cl)C(F)(F)F. The minimum atomic E-state index is -5.36. The molecular weight excluding hydrogens is 327 g/mol. The van der Waals surface area contributed by atoms with Crippen LogP contribution in [0.25, 0.3) is 0 Å². The van der Waals surface area contributed by atoms with Gasteiger partial charge in [-0.25, -0.2) is 8.42 Å². The molecule has 21 heavy (non-hydrogen) atoms. The molecule has 0 bridgehead atoms. The molecule has 0 aliphatic heterocycles. The topological polar surface area (TPSA) is 46.2 Å². The number of rotatable bonds is 4. The van der Waals surface area contributed by atoms with Gasteiger partial charge in [-0.1, -0.05) is 18.6 Å². The van der Waals surface area contributed by atoms with Crippen molar-refractivity contribution >= 4 is 27.1 Å². The first-order valence-corrected chi connectivity index (χ1v) is 8.44. The van der Waals surface area contributed by atoms with E-state index in [9.17, 15) is 21.6 Å². The molecule has 2 rings (SSSR count). The van der Waals surface area contributed by atoms with Gasteiger partial charge < -0.3 is 5.32 Å². The van der Waals surface area contributed by atoms with Crippen molar-refractivity contribution in [3.8, 4) is 0 Å². The molecule has 0 aromatic heterocycles. The van der Waals surface area contributed by atoms with Crippen LogP contribution in [-0.4, -0.2) is 25.8 Å². The van der Waals surface area contributed by atoms with Gasteiger partial charge in [0, 0.05) is 11.9 Å². The molecule has 1 fully saturated rings. The fourth-order valence-electron chi connectivity index (χ4n) is 2.43. The number of para-hydroxylation sites is 1. The minimum Gasteiger partial charge on any atom is -0.384 e. The summed E-state index contributed by atoms with van der Waals surface area (Å²) in [7, 11) is -5.36. The third-order valence-electron chi connectivity index (χ3n) is 3.60. The molecule has 8 heteroatoms. The summed E-state index contributed by atoms with van der Waals surface area (Å²) < 4.78 is 61.1. The molecule has 1 N–H and O–H groups in total. The van der Waals surface area contributed by atoms with Crippen molar-refractivity contribution in [2.45, 2.75) is 35.0 Å². The summed E-state index contributed by atoms with van der Waals surface area (Å²) in [5, 5.41) is 2.78. The predicted octanol–water partition coefficient (Wildman–Crippen LogP) is 3.80. The minimum absolute atomic E-state index is 0.0242. The Kier molecular flexibility index (Phi) is 4.72. The molecule has 2 atom stereocenters. The standard InChI is InChI=1S/C13H15ClF3NO2S/c14-10-5-3-4-9(10)8-18-11-6-1-2-7-12(11)21(19,20)13(15,16)17/h1-2,6-7,9-10,18H,3-5,8H2. The number of anilines is 1. The molecule has 0 heterocycles. The molecule has 1 aliphatic carbocycles. The second-order valence-corrected chi connectivity index (χ2v) is 7.50. The summed E-state index contributed by atoms with van der Waals surface area (Å²) in [4.78, 5) is -0.749. The zero-order valence-electron chi connectivity index (χ0n) is 11.0. The first kappa shape index (κ1) is 16.4. The molecule has 1 aromatic carbocycles. The number of hydrogen-bond acceptors (Lipinski definition) is 3. The lowest BCUT2D eigenvalue weighted by atomic mass is 10.1. The van der Waals surface area contributed by atoms with E-state index in [0.29, 0.717) is 6.54 Å². The van der Waals surface area contributed by atoms with Crippen LogP contribution in [0, 0.1) is 5.92 Å². The molecule has 118 valence electrons. The summed E-state index contributed by atoms with van der Waals surface area (Å²) in [5.41, 5.74) is -5.35. The van der Waals surface area contributed by atoms with E-state index in [0.717, 1.165) is 25.3 Å². The number of hydrogen-bond donors (Lipinski definition) is 1. The molecule has 1 aliphatic rings. The van der Waals surface area contributed by atoms with E-state index in [4.69, 9.17) is 11.6 Å². The van der Waals surface area contributed by atoms with Crippen molar-refractivity contribution in [2.24, 2.45) is 5.92 Å². The largest absolute Gasteiger partial charge is 0.501 e. The number of alkyl halides is 4. The van der Waals surface area contributed by atoms with E-state index >= 15 is 0 Å². The summed E-state index contributed by atoms with van der Waals surface area (Å²) in [5.74, 6) is 0.133. The lowest BCUT2D eigenvalue weighted by Crippen LogP contribution is -2.25. The molecule has 2 unspecified atom stereocenters. The number of sulfone groups is 1. The number of halogens is 4. The van der Waals surface area contributed by atoms with Gasteiger partial charge in [0.2, 0.25) is 0 Å². The molecule has 1 saturated carbocycles. The average Bonchev–Trinajstić information content (AvgIpc) is 2.81. The Morgan fingerprint density at radius 1 is 1.24 bits per heavy atom. The Hall–Kier alpha value is -0.950. The fourth-order valence-corrected chi connectivity index (χ4v) is 3.74. The first-order chi connectivity index (χ1) is 9.73. The van der Waals surface area contributed by atoms with Gasteiger partial charge in [0.05, 0.1) is 10.6 Å². The van der Waals surface area contributed by atoms with Crippen LogP contribution in [0.5, 0.6) is 0 Å². The van der Waals surface area contributed by atoms with E-state index in [2.05, 4.69) is 5.32 Å². The lowest BCUT2D eigenvalue weighted by molar-refractivity contribution is -0.0435. The molecule has 3 nitrogen and oxygen atoms in total. The maximum atomic E-state index is 12.7. The van der Waals surface area contributed by atoms with Crippen LogP contribution in [0.4, 0.5) is 18.9 Å². The Bertz CT molecular complexity index is 604. The molecule has 0 saturated heterocycles. The van der Waals surface area contributed by atoms with E-state index in [-0.39, 0.29) is 17.0 Å². The highest BCUT2D eigenvalue weighted by molar-refractivity contribution is 7.92. The third kappa shape index (κ3) is 3.45. The van der Waals surface area contributed by atoms with E-state index in [1.807, 2.05) is 0 Å². The third-order valence-corrected chi connectivity index (χ3v) is 5.72. The Morgan fingerprint density at radius 3 is 2.48 bits per heavy atom. The molecular formula is C13H15ClF3NO2S. The molecule has 1 aromatic rings. The van der Waals surface area contributed by atoms with Gasteiger partial charge in [-0.05, 0) is 30.9 Å². The van der Waals surface area contributed by atoms with Crippen molar-refractivity contribution in [3.63, 3.8) is 0 Å². The Labute approximate surface area is 126 Å². The highest BCUT2D eigenvalue weighted by Gasteiger charge is 2.47. The summed E-state index contributed by atoms with van der Waals surface area (Å²) in [6.07, 6.45) is 2.73. The van der Waals surface area contributed by atoms with Crippen molar-refractivity contribution in [1.82, 2.24) is 0 Å². The molecule has 0 radical (unpaired) electrons. The Balaban J connectivity index is 2.22.